The zero-order chi connectivity index (χ0) is 15.5. The first-order valence-corrected chi connectivity index (χ1v) is 8.17. The van der Waals surface area contributed by atoms with Gasteiger partial charge >= 0.3 is 0 Å². The number of aryl methyl sites for hydroxylation is 1. The monoisotopic (exact) mass is 325 g/mol. The van der Waals surface area contributed by atoms with E-state index in [4.69, 9.17) is 16.3 Å². The Morgan fingerprint density at radius 1 is 1.19 bits per heavy atom. The zero-order valence-electron chi connectivity index (χ0n) is 11.8. The van der Waals surface area contributed by atoms with Crippen molar-refractivity contribution in [3.63, 3.8) is 0 Å². The number of hydrogen-bond donors (Lipinski definition) is 1. The van der Waals surface area contributed by atoms with Gasteiger partial charge in [0.25, 0.3) is 0 Å². The van der Waals surface area contributed by atoms with Gasteiger partial charge in [-0.2, -0.15) is 0 Å². The van der Waals surface area contributed by atoms with Crippen molar-refractivity contribution in [3.05, 3.63) is 58.6 Å². The van der Waals surface area contributed by atoms with Gasteiger partial charge in [-0.1, -0.05) is 41.4 Å². The quantitative estimate of drug-likeness (QED) is 0.918. The van der Waals surface area contributed by atoms with Crippen LogP contribution in [-0.4, -0.2) is 15.5 Å². The Kier molecular flexibility index (Phi) is 4.88. The third kappa shape index (κ3) is 3.97. The molecule has 0 amide bonds. The SMILES string of the molecule is COc1ccc(Cl)cc1S(=O)(=O)NCc1cccc(C)c1. The van der Waals surface area contributed by atoms with Crippen LogP contribution >= 0.6 is 11.6 Å². The van der Waals surface area contributed by atoms with E-state index < -0.39 is 10.0 Å². The average molecular weight is 326 g/mol. The zero-order valence-corrected chi connectivity index (χ0v) is 13.3. The van der Waals surface area contributed by atoms with Gasteiger partial charge in [0.15, 0.2) is 0 Å². The number of nitrogens with one attached hydrogen (secondary N) is 1. The van der Waals surface area contributed by atoms with E-state index in [0.717, 1.165) is 11.1 Å². The Labute approximate surface area is 129 Å². The highest BCUT2D eigenvalue weighted by Crippen LogP contribution is 2.26. The molecule has 2 aromatic carbocycles. The van der Waals surface area contributed by atoms with E-state index in [9.17, 15) is 8.42 Å². The van der Waals surface area contributed by atoms with Crippen molar-refractivity contribution < 1.29 is 13.2 Å². The number of halogens is 1. The van der Waals surface area contributed by atoms with Gasteiger partial charge in [-0.3, -0.25) is 0 Å². The average Bonchev–Trinajstić information content (AvgIpc) is 2.45. The maximum Gasteiger partial charge on any atom is 0.244 e. The van der Waals surface area contributed by atoms with Crippen LogP contribution in [0.4, 0.5) is 0 Å². The molecule has 0 heterocycles. The van der Waals surface area contributed by atoms with Crippen LogP contribution in [-0.2, 0) is 16.6 Å². The molecule has 0 saturated heterocycles. The van der Waals surface area contributed by atoms with Crippen LogP contribution in [0.15, 0.2) is 47.4 Å². The summed E-state index contributed by atoms with van der Waals surface area (Å²) in [6.07, 6.45) is 0. The van der Waals surface area contributed by atoms with Gasteiger partial charge in [0.2, 0.25) is 10.0 Å². The molecule has 2 aromatic rings. The van der Waals surface area contributed by atoms with Crippen molar-refractivity contribution in [2.45, 2.75) is 18.4 Å². The molecule has 0 bridgehead atoms. The van der Waals surface area contributed by atoms with Gasteiger partial charge in [0.1, 0.15) is 10.6 Å². The van der Waals surface area contributed by atoms with Crippen LogP contribution in [0.25, 0.3) is 0 Å². The van der Waals surface area contributed by atoms with Gasteiger partial charge in [-0.05, 0) is 30.7 Å². The third-order valence-electron chi connectivity index (χ3n) is 2.96. The lowest BCUT2D eigenvalue weighted by Gasteiger charge is -2.11. The van der Waals surface area contributed by atoms with Crippen molar-refractivity contribution in [2.24, 2.45) is 0 Å². The normalized spacial score (nSPS) is 11.4. The van der Waals surface area contributed by atoms with Crippen LogP contribution in [0.2, 0.25) is 5.02 Å². The minimum Gasteiger partial charge on any atom is -0.495 e. The first-order valence-electron chi connectivity index (χ1n) is 6.31. The molecule has 0 aliphatic rings. The highest BCUT2D eigenvalue weighted by atomic mass is 35.5. The first kappa shape index (κ1) is 15.8. The minimum absolute atomic E-state index is 0.0325. The highest BCUT2D eigenvalue weighted by Gasteiger charge is 2.19. The van der Waals surface area contributed by atoms with E-state index in [0.29, 0.717) is 5.02 Å². The van der Waals surface area contributed by atoms with Crippen molar-refractivity contribution in [2.75, 3.05) is 7.11 Å². The van der Waals surface area contributed by atoms with E-state index in [-0.39, 0.29) is 17.2 Å². The Morgan fingerprint density at radius 2 is 1.95 bits per heavy atom. The Morgan fingerprint density at radius 3 is 2.62 bits per heavy atom. The first-order chi connectivity index (χ1) is 9.92. The summed E-state index contributed by atoms with van der Waals surface area (Å²) in [5.41, 5.74) is 1.96. The van der Waals surface area contributed by atoms with Gasteiger partial charge in [0.05, 0.1) is 7.11 Å². The van der Waals surface area contributed by atoms with E-state index in [2.05, 4.69) is 4.72 Å². The Hall–Kier alpha value is -1.56. The van der Waals surface area contributed by atoms with Crippen LogP contribution in [0.1, 0.15) is 11.1 Å². The molecule has 0 unspecified atom stereocenters. The number of hydrogen-bond acceptors (Lipinski definition) is 3. The smallest absolute Gasteiger partial charge is 0.244 e. The molecule has 0 aromatic heterocycles. The number of benzene rings is 2. The Balaban J connectivity index is 2.24. The maximum absolute atomic E-state index is 12.4. The van der Waals surface area contributed by atoms with Crippen molar-refractivity contribution >= 4 is 21.6 Å². The molecule has 0 radical (unpaired) electrons. The summed E-state index contributed by atoms with van der Waals surface area (Å²) >= 11 is 5.87. The largest absolute Gasteiger partial charge is 0.495 e. The number of sulfonamides is 1. The summed E-state index contributed by atoms with van der Waals surface area (Å²) in [5.74, 6) is 0.260. The second-order valence-corrected chi connectivity index (χ2v) is 6.78. The van der Waals surface area contributed by atoms with Crippen molar-refractivity contribution in [1.82, 2.24) is 4.72 Å². The van der Waals surface area contributed by atoms with E-state index in [1.54, 1.807) is 6.07 Å². The predicted octanol–water partition coefficient (Wildman–Crippen LogP) is 3.14. The highest BCUT2D eigenvalue weighted by molar-refractivity contribution is 7.89. The van der Waals surface area contributed by atoms with Gasteiger partial charge in [-0.15, -0.1) is 0 Å². The summed E-state index contributed by atoms with van der Waals surface area (Å²) in [5, 5.41) is 0.340. The topological polar surface area (TPSA) is 55.4 Å². The molecular formula is C15H16ClNO3S. The summed E-state index contributed by atoms with van der Waals surface area (Å²) in [4.78, 5) is 0.0325. The van der Waals surface area contributed by atoms with Gasteiger partial charge in [0, 0.05) is 11.6 Å². The van der Waals surface area contributed by atoms with Crippen LogP contribution in [0.5, 0.6) is 5.75 Å². The van der Waals surface area contributed by atoms with E-state index in [1.807, 2.05) is 31.2 Å². The van der Waals surface area contributed by atoms with Crippen molar-refractivity contribution in [3.8, 4) is 5.75 Å². The summed E-state index contributed by atoms with van der Waals surface area (Å²) in [6.45, 7) is 2.16. The number of ether oxygens (including phenoxy) is 1. The maximum atomic E-state index is 12.4. The molecule has 0 aliphatic carbocycles. The van der Waals surface area contributed by atoms with E-state index in [1.165, 1.54) is 19.2 Å². The molecular weight excluding hydrogens is 310 g/mol. The molecule has 0 atom stereocenters. The minimum atomic E-state index is -3.70. The molecule has 112 valence electrons. The fraction of sp³-hybridized carbons (Fsp3) is 0.200. The molecule has 6 heteroatoms. The van der Waals surface area contributed by atoms with Crippen LogP contribution < -0.4 is 9.46 Å². The molecule has 4 nitrogen and oxygen atoms in total. The van der Waals surface area contributed by atoms with E-state index >= 15 is 0 Å². The lowest BCUT2D eigenvalue weighted by Crippen LogP contribution is -2.23. The van der Waals surface area contributed by atoms with Crippen LogP contribution in [0.3, 0.4) is 0 Å². The molecule has 0 aliphatic heterocycles. The number of methoxy groups -OCH3 is 1. The predicted molar refractivity (Wildman–Crippen MR) is 83.2 cm³/mol. The standard InChI is InChI=1S/C15H16ClNO3S/c1-11-4-3-5-12(8-11)10-17-21(18,19)15-9-13(16)6-7-14(15)20-2/h3-9,17H,10H2,1-2H3. The molecule has 0 saturated carbocycles. The molecule has 1 N–H and O–H groups in total. The second-order valence-electron chi connectivity index (χ2n) is 4.61. The lowest BCUT2D eigenvalue weighted by molar-refractivity contribution is 0.402. The second kappa shape index (κ2) is 6.47. The fourth-order valence-corrected chi connectivity index (χ4v) is 3.39. The number of rotatable bonds is 5. The molecule has 21 heavy (non-hydrogen) atoms. The Bertz CT molecular complexity index is 744. The van der Waals surface area contributed by atoms with Crippen molar-refractivity contribution in [1.29, 1.82) is 0 Å². The summed E-state index contributed by atoms with van der Waals surface area (Å²) in [7, 11) is -2.28. The summed E-state index contributed by atoms with van der Waals surface area (Å²) in [6, 6.07) is 12.1. The summed E-state index contributed by atoms with van der Waals surface area (Å²) < 4.78 is 32.4. The molecule has 0 fully saturated rings. The molecule has 2 rings (SSSR count). The fourth-order valence-electron chi connectivity index (χ4n) is 1.94. The van der Waals surface area contributed by atoms with Crippen LogP contribution in [0, 0.1) is 6.92 Å². The van der Waals surface area contributed by atoms with Gasteiger partial charge in [-0.25, -0.2) is 13.1 Å². The van der Waals surface area contributed by atoms with Gasteiger partial charge < -0.3 is 4.74 Å². The molecule has 0 spiro atoms. The lowest BCUT2D eigenvalue weighted by atomic mass is 10.1. The third-order valence-corrected chi connectivity index (χ3v) is 4.62.